The van der Waals surface area contributed by atoms with E-state index in [0.29, 0.717) is 0 Å². The first-order chi connectivity index (χ1) is 10.2. The van der Waals surface area contributed by atoms with Gasteiger partial charge in [0.2, 0.25) is 5.95 Å². The van der Waals surface area contributed by atoms with Gasteiger partial charge in [-0.1, -0.05) is 19.8 Å². The summed E-state index contributed by atoms with van der Waals surface area (Å²) >= 11 is 0. The molecule has 0 spiro atoms. The van der Waals surface area contributed by atoms with Crippen LogP contribution in [0.3, 0.4) is 0 Å². The molecule has 5 heteroatoms. The molecule has 1 aliphatic carbocycles. The molecule has 0 aromatic carbocycles. The van der Waals surface area contributed by atoms with Crippen molar-refractivity contribution in [1.82, 2.24) is 14.9 Å². The molecule has 0 unspecified atom stereocenters. The maximum absolute atomic E-state index is 4.51. The molecule has 5 nitrogen and oxygen atoms in total. The van der Waals surface area contributed by atoms with E-state index in [9.17, 15) is 0 Å². The molecular weight excluding hydrogens is 262 g/mol. The largest absolute Gasteiger partial charge is 0.369 e. The molecule has 0 radical (unpaired) electrons. The second-order valence-corrected chi connectivity index (χ2v) is 5.99. The van der Waals surface area contributed by atoms with Crippen molar-refractivity contribution in [1.29, 1.82) is 0 Å². The molecule has 0 aliphatic heterocycles. The molecule has 1 fully saturated rings. The van der Waals surface area contributed by atoms with Crippen LogP contribution in [0.2, 0.25) is 0 Å². The zero-order valence-electron chi connectivity index (χ0n) is 13.7. The number of hydrogen-bond acceptors (Lipinski definition) is 5. The van der Waals surface area contributed by atoms with Gasteiger partial charge in [0.15, 0.2) is 0 Å². The summed E-state index contributed by atoms with van der Waals surface area (Å²) in [4.78, 5) is 11.4. The first-order valence-electron chi connectivity index (χ1n) is 8.22. The first-order valence-corrected chi connectivity index (χ1v) is 8.22. The van der Waals surface area contributed by atoms with Crippen molar-refractivity contribution in [2.24, 2.45) is 0 Å². The van der Waals surface area contributed by atoms with Crippen LogP contribution < -0.4 is 10.6 Å². The van der Waals surface area contributed by atoms with Gasteiger partial charge in [0.25, 0.3) is 0 Å². The minimum atomic E-state index is 0.725. The Morgan fingerprint density at radius 2 is 1.95 bits per heavy atom. The van der Waals surface area contributed by atoms with E-state index < -0.39 is 0 Å². The van der Waals surface area contributed by atoms with Crippen LogP contribution in [0, 0.1) is 6.92 Å². The van der Waals surface area contributed by atoms with E-state index in [4.69, 9.17) is 0 Å². The van der Waals surface area contributed by atoms with E-state index in [1.54, 1.807) is 0 Å². The summed E-state index contributed by atoms with van der Waals surface area (Å²) in [5, 5.41) is 6.67. The number of hydrogen-bond donors (Lipinski definition) is 2. The van der Waals surface area contributed by atoms with Crippen molar-refractivity contribution < 1.29 is 0 Å². The molecule has 118 valence electrons. The smallest absolute Gasteiger partial charge is 0.224 e. The highest BCUT2D eigenvalue weighted by atomic mass is 15.2. The van der Waals surface area contributed by atoms with Crippen LogP contribution in [-0.4, -0.2) is 47.6 Å². The predicted octanol–water partition coefficient (Wildman–Crippen LogP) is 2.89. The molecule has 0 saturated heterocycles. The van der Waals surface area contributed by atoms with Gasteiger partial charge in [0.05, 0.1) is 0 Å². The number of likely N-dealkylation sites (N-methyl/N-ethyl adjacent to an activating group) is 1. The summed E-state index contributed by atoms with van der Waals surface area (Å²) in [5.74, 6) is 1.64. The van der Waals surface area contributed by atoms with Gasteiger partial charge in [-0.3, -0.25) is 0 Å². The van der Waals surface area contributed by atoms with Crippen molar-refractivity contribution in [2.75, 3.05) is 37.3 Å². The molecule has 0 bridgehead atoms. The highest BCUT2D eigenvalue weighted by Gasteiger charge is 2.18. The standard InChI is InChI=1S/C16H29N5/c1-4-9-18-16-19-13(2)12-15(20-16)17-10-11-21(3)14-7-5-6-8-14/h12,14H,4-11H2,1-3H3,(H2,17,18,19,20). The van der Waals surface area contributed by atoms with Gasteiger partial charge in [-0.2, -0.15) is 4.98 Å². The summed E-state index contributed by atoms with van der Waals surface area (Å²) in [5.41, 5.74) is 0.996. The van der Waals surface area contributed by atoms with Crippen LogP contribution in [-0.2, 0) is 0 Å². The lowest BCUT2D eigenvalue weighted by molar-refractivity contribution is 0.254. The molecular formula is C16H29N5. The van der Waals surface area contributed by atoms with E-state index >= 15 is 0 Å². The Morgan fingerprint density at radius 3 is 2.67 bits per heavy atom. The lowest BCUT2D eigenvalue weighted by Crippen LogP contribution is -2.33. The third-order valence-electron chi connectivity index (χ3n) is 4.11. The molecule has 2 rings (SSSR count). The summed E-state index contributed by atoms with van der Waals surface area (Å²) in [6, 6.07) is 2.79. The lowest BCUT2D eigenvalue weighted by Gasteiger charge is -2.24. The van der Waals surface area contributed by atoms with Crippen LogP contribution in [0.5, 0.6) is 0 Å². The monoisotopic (exact) mass is 291 g/mol. The predicted molar refractivity (Wildman–Crippen MR) is 88.9 cm³/mol. The number of aryl methyl sites for hydroxylation is 1. The van der Waals surface area contributed by atoms with E-state index in [1.807, 2.05) is 13.0 Å². The maximum Gasteiger partial charge on any atom is 0.224 e. The summed E-state index contributed by atoms with van der Waals surface area (Å²) in [7, 11) is 2.23. The quantitative estimate of drug-likeness (QED) is 0.771. The number of aromatic nitrogens is 2. The zero-order chi connectivity index (χ0) is 15.1. The van der Waals surface area contributed by atoms with Crippen molar-refractivity contribution in [3.63, 3.8) is 0 Å². The maximum atomic E-state index is 4.51. The van der Waals surface area contributed by atoms with Gasteiger partial charge in [-0.15, -0.1) is 0 Å². The van der Waals surface area contributed by atoms with Gasteiger partial charge < -0.3 is 15.5 Å². The van der Waals surface area contributed by atoms with E-state index in [1.165, 1.54) is 25.7 Å². The molecule has 1 heterocycles. The van der Waals surface area contributed by atoms with Crippen molar-refractivity contribution >= 4 is 11.8 Å². The number of nitrogens with zero attached hydrogens (tertiary/aromatic N) is 3. The topological polar surface area (TPSA) is 53.1 Å². The lowest BCUT2D eigenvalue weighted by atomic mass is 10.2. The van der Waals surface area contributed by atoms with Crippen LogP contribution in [0.4, 0.5) is 11.8 Å². The van der Waals surface area contributed by atoms with Gasteiger partial charge in [-0.05, 0) is 33.2 Å². The minimum absolute atomic E-state index is 0.725. The van der Waals surface area contributed by atoms with E-state index in [2.05, 4.69) is 39.5 Å². The third-order valence-corrected chi connectivity index (χ3v) is 4.11. The SMILES string of the molecule is CCCNc1nc(C)cc(NCCN(C)C2CCCC2)n1. The molecule has 21 heavy (non-hydrogen) atoms. The minimum Gasteiger partial charge on any atom is -0.369 e. The average Bonchev–Trinajstić information content (AvgIpc) is 2.99. The normalized spacial score (nSPS) is 15.6. The van der Waals surface area contributed by atoms with Crippen LogP contribution in [0.15, 0.2) is 6.07 Å². The Labute approximate surface area is 128 Å². The van der Waals surface area contributed by atoms with E-state index in [0.717, 1.165) is 49.6 Å². The van der Waals surface area contributed by atoms with Crippen LogP contribution in [0.25, 0.3) is 0 Å². The second-order valence-electron chi connectivity index (χ2n) is 5.99. The van der Waals surface area contributed by atoms with Crippen molar-refractivity contribution in [3.8, 4) is 0 Å². The Kier molecular flexibility index (Phi) is 6.23. The van der Waals surface area contributed by atoms with Gasteiger partial charge in [-0.25, -0.2) is 4.98 Å². The molecule has 1 saturated carbocycles. The molecule has 1 aromatic rings. The fourth-order valence-electron chi connectivity index (χ4n) is 2.86. The molecule has 0 amide bonds. The molecule has 2 N–H and O–H groups in total. The van der Waals surface area contributed by atoms with Crippen LogP contribution >= 0.6 is 0 Å². The third kappa shape index (κ3) is 5.16. The summed E-state index contributed by atoms with van der Waals surface area (Å²) in [6.07, 6.45) is 6.56. The fraction of sp³-hybridized carbons (Fsp3) is 0.750. The van der Waals surface area contributed by atoms with Gasteiger partial charge in [0, 0.05) is 37.4 Å². The van der Waals surface area contributed by atoms with Gasteiger partial charge in [0.1, 0.15) is 5.82 Å². The van der Waals surface area contributed by atoms with Crippen LogP contribution in [0.1, 0.15) is 44.7 Å². The number of anilines is 2. The Hall–Kier alpha value is -1.36. The summed E-state index contributed by atoms with van der Waals surface area (Å²) in [6.45, 7) is 7.05. The Bertz CT molecular complexity index is 429. The molecule has 0 atom stereocenters. The average molecular weight is 291 g/mol. The highest BCUT2D eigenvalue weighted by Crippen LogP contribution is 2.22. The molecule has 1 aliphatic rings. The number of nitrogens with one attached hydrogen (secondary N) is 2. The van der Waals surface area contributed by atoms with Crippen molar-refractivity contribution in [3.05, 3.63) is 11.8 Å². The zero-order valence-corrected chi connectivity index (χ0v) is 13.7. The Morgan fingerprint density at radius 1 is 1.19 bits per heavy atom. The molecule has 1 aromatic heterocycles. The first kappa shape index (κ1) is 16.0. The second kappa shape index (κ2) is 8.17. The summed E-state index contributed by atoms with van der Waals surface area (Å²) < 4.78 is 0. The van der Waals surface area contributed by atoms with Gasteiger partial charge >= 0.3 is 0 Å². The van der Waals surface area contributed by atoms with E-state index in [-0.39, 0.29) is 0 Å². The number of rotatable bonds is 8. The fourth-order valence-corrected chi connectivity index (χ4v) is 2.86. The Balaban J connectivity index is 1.80. The highest BCUT2D eigenvalue weighted by molar-refractivity contribution is 5.42. The van der Waals surface area contributed by atoms with Crippen molar-refractivity contribution in [2.45, 2.75) is 52.0 Å².